The summed E-state index contributed by atoms with van der Waals surface area (Å²) in [5.41, 5.74) is 1.24. The average molecular weight is 508 g/mol. The summed E-state index contributed by atoms with van der Waals surface area (Å²) in [4.78, 5) is 9.42. The van der Waals surface area contributed by atoms with E-state index < -0.39 is 0 Å². The summed E-state index contributed by atoms with van der Waals surface area (Å²) >= 11 is 6.03. The van der Waals surface area contributed by atoms with Gasteiger partial charge in [-0.2, -0.15) is 0 Å². The highest BCUT2D eigenvalue weighted by molar-refractivity contribution is 14.0. The van der Waals surface area contributed by atoms with Crippen LogP contribution >= 0.6 is 35.6 Å². The molecule has 1 aliphatic rings. The van der Waals surface area contributed by atoms with Gasteiger partial charge in [-0.1, -0.05) is 37.6 Å². The summed E-state index contributed by atoms with van der Waals surface area (Å²) < 4.78 is 0. The summed E-state index contributed by atoms with van der Waals surface area (Å²) in [6.07, 6.45) is 0.929. The van der Waals surface area contributed by atoms with Gasteiger partial charge in [-0.3, -0.25) is 4.99 Å². The Labute approximate surface area is 186 Å². The monoisotopic (exact) mass is 507 g/mol. The molecule has 5 nitrogen and oxygen atoms in total. The van der Waals surface area contributed by atoms with Gasteiger partial charge in [0.2, 0.25) is 0 Å². The first-order valence-corrected chi connectivity index (χ1v) is 10.1. The predicted octanol–water partition coefficient (Wildman–Crippen LogP) is 2.94. The van der Waals surface area contributed by atoms with Crippen LogP contribution in [0.3, 0.4) is 0 Å². The Morgan fingerprint density at radius 3 is 2.52 bits per heavy atom. The fourth-order valence-corrected chi connectivity index (χ4v) is 3.52. The van der Waals surface area contributed by atoms with Gasteiger partial charge in [-0.25, -0.2) is 0 Å². The minimum absolute atomic E-state index is 0. The third-order valence-electron chi connectivity index (χ3n) is 4.92. The number of halogens is 2. The molecule has 154 valence electrons. The van der Waals surface area contributed by atoms with E-state index in [1.807, 2.05) is 25.2 Å². The van der Waals surface area contributed by atoms with Gasteiger partial charge in [0.1, 0.15) is 0 Å². The fourth-order valence-electron chi connectivity index (χ4n) is 3.30. The number of rotatable bonds is 8. The summed E-state index contributed by atoms with van der Waals surface area (Å²) in [5.74, 6) is 1.46. The number of hydrogen-bond acceptors (Lipinski definition) is 3. The Bertz CT molecular complexity index is 561. The van der Waals surface area contributed by atoms with Gasteiger partial charge in [0.25, 0.3) is 0 Å². The first-order valence-electron chi connectivity index (χ1n) is 9.74. The van der Waals surface area contributed by atoms with Crippen molar-refractivity contribution >= 4 is 41.5 Å². The molecular weight excluding hydrogens is 473 g/mol. The van der Waals surface area contributed by atoms with Crippen LogP contribution in [0.4, 0.5) is 0 Å². The van der Waals surface area contributed by atoms with Gasteiger partial charge in [0.05, 0.1) is 0 Å². The molecule has 1 fully saturated rings. The Balaban J connectivity index is 0.00000364. The molecule has 1 aliphatic heterocycles. The van der Waals surface area contributed by atoms with Crippen molar-refractivity contribution in [1.29, 1.82) is 0 Å². The lowest BCUT2D eigenvalue weighted by atomic mass is 10.1. The smallest absolute Gasteiger partial charge is 0.190 e. The standard InChI is InChI=1S/C20H34ClN5.HI/c1-4-25-10-12-26(13-11-25)16-17(2)15-24-20(22-3)23-9-8-18-6-5-7-19(21)14-18;/h5-7,14,17H,4,8-13,15-16H2,1-3H3,(H2,22,23,24);1H. The van der Waals surface area contributed by atoms with Crippen LogP contribution in [-0.2, 0) is 6.42 Å². The first kappa shape index (κ1) is 24.5. The van der Waals surface area contributed by atoms with Crippen LogP contribution in [0.25, 0.3) is 0 Å². The third-order valence-corrected chi connectivity index (χ3v) is 5.15. The van der Waals surface area contributed by atoms with E-state index in [4.69, 9.17) is 11.6 Å². The van der Waals surface area contributed by atoms with Crippen molar-refractivity contribution in [3.8, 4) is 0 Å². The largest absolute Gasteiger partial charge is 0.356 e. The van der Waals surface area contributed by atoms with E-state index in [9.17, 15) is 0 Å². The van der Waals surface area contributed by atoms with E-state index in [-0.39, 0.29) is 24.0 Å². The number of guanidine groups is 1. The van der Waals surface area contributed by atoms with Gasteiger partial charge < -0.3 is 20.4 Å². The van der Waals surface area contributed by atoms with E-state index in [1.54, 1.807) is 0 Å². The number of hydrogen-bond donors (Lipinski definition) is 2. The molecule has 0 radical (unpaired) electrons. The maximum atomic E-state index is 6.03. The van der Waals surface area contributed by atoms with Gasteiger partial charge >= 0.3 is 0 Å². The van der Waals surface area contributed by atoms with Gasteiger partial charge in [-0.15, -0.1) is 24.0 Å². The molecule has 0 aliphatic carbocycles. The average Bonchev–Trinajstić information content (AvgIpc) is 2.65. The number of nitrogens with one attached hydrogen (secondary N) is 2. The lowest BCUT2D eigenvalue weighted by molar-refractivity contribution is 0.124. The highest BCUT2D eigenvalue weighted by atomic mass is 127. The van der Waals surface area contributed by atoms with Crippen molar-refractivity contribution in [2.45, 2.75) is 20.3 Å². The van der Waals surface area contributed by atoms with Crippen molar-refractivity contribution < 1.29 is 0 Å². The summed E-state index contributed by atoms with van der Waals surface area (Å²) in [5, 5.41) is 7.63. The molecule has 0 aromatic heterocycles. The van der Waals surface area contributed by atoms with Gasteiger partial charge in [-0.05, 0) is 36.6 Å². The number of nitrogens with zero attached hydrogens (tertiary/aromatic N) is 3. The van der Waals surface area contributed by atoms with Gasteiger partial charge in [0, 0.05) is 57.9 Å². The normalized spacial score (nSPS) is 17.3. The second-order valence-electron chi connectivity index (χ2n) is 7.10. The molecule has 0 saturated carbocycles. The maximum Gasteiger partial charge on any atom is 0.190 e. The Hall–Kier alpha value is -0.570. The summed E-state index contributed by atoms with van der Waals surface area (Å²) in [7, 11) is 1.82. The van der Waals surface area contributed by atoms with Crippen molar-refractivity contribution in [2.24, 2.45) is 10.9 Å². The third kappa shape index (κ3) is 9.45. The maximum absolute atomic E-state index is 6.03. The van der Waals surface area contributed by atoms with Crippen molar-refractivity contribution in [1.82, 2.24) is 20.4 Å². The Kier molecular flexibility index (Phi) is 12.3. The van der Waals surface area contributed by atoms with Crippen LogP contribution in [0.5, 0.6) is 0 Å². The zero-order valence-corrected chi connectivity index (χ0v) is 20.0. The fraction of sp³-hybridized carbons (Fsp3) is 0.650. The van der Waals surface area contributed by atoms with Crippen LogP contribution in [0.2, 0.25) is 5.02 Å². The minimum atomic E-state index is 0. The van der Waals surface area contributed by atoms with Crippen LogP contribution in [0.1, 0.15) is 19.4 Å². The van der Waals surface area contributed by atoms with E-state index in [1.165, 1.54) is 38.3 Å². The Morgan fingerprint density at radius 1 is 1.19 bits per heavy atom. The molecule has 1 atom stereocenters. The summed E-state index contributed by atoms with van der Waals surface area (Å²) in [6, 6.07) is 8.01. The molecule has 7 heteroatoms. The molecular formula is C20H35ClIN5. The molecule has 0 spiro atoms. The van der Waals surface area contributed by atoms with E-state index in [0.29, 0.717) is 5.92 Å². The zero-order valence-electron chi connectivity index (χ0n) is 16.9. The number of aliphatic imine (C=N–C) groups is 1. The molecule has 0 bridgehead atoms. The van der Waals surface area contributed by atoms with Crippen molar-refractivity contribution in [3.05, 3.63) is 34.9 Å². The van der Waals surface area contributed by atoms with Crippen molar-refractivity contribution in [2.75, 3.05) is 59.4 Å². The number of benzene rings is 1. The molecule has 1 heterocycles. The highest BCUT2D eigenvalue weighted by Crippen LogP contribution is 2.10. The molecule has 27 heavy (non-hydrogen) atoms. The number of piperazine rings is 1. The van der Waals surface area contributed by atoms with Crippen molar-refractivity contribution in [3.63, 3.8) is 0 Å². The second-order valence-corrected chi connectivity index (χ2v) is 7.54. The molecule has 1 aromatic rings. The topological polar surface area (TPSA) is 42.9 Å². The quantitative estimate of drug-likeness (QED) is 0.323. The Morgan fingerprint density at radius 2 is 1.89 bits per heavy atom. The van der Waals surface area contributed by atoms with E-state index >= 15 is 0 Å². The highest BCUT2D eigenvalue weighted by Gasteiger charge is 2.17. The SMILES string of the molecule is CCN1CCN(CC(C)CNC(=NC)NCCc2cccc(Cl)c2)CC1.I. The molecule has 1 unspecified atom stereocenters. The molecule has 2 N–H and O–H groups in total. The van der Waals surface area contributed by atoms with Crippen LogP contribution in [0, 0.1) is 5.92 Å². The lowest BCUT2D eigenvalue weighted by Gasteiger charge is -2.35. The first-order chi connectivity index (χ1) is 12.6. The minimum Gasteiger partial charge on any atom is -0.356 e. The summed E-state index contributed by atoms with van der Waals surface area (Å²) in [6.45, 7) is 13.4. The molecule has 0 amide bonds. The lowest BCUT2D eigenvalue weighted by Crippen LogP contribution is -2.48. The molecule has 1 aromatic carbocycles. The van der Waals surface area contributed by atoms with E-state index in [0.717, 1.165) is 37.0 Å². The molecule has 1 saturated heterocycles. The van der Waals surface area contributed by atoms with Crippen LogP contribution < -0.4 is 10.6 Å². The predicted molar refractivity (Wildman–Crippen MR) is 128 cm³/mol. The zero-order chi connectivity index (χ0) is 18.8. The molecule has 2 rings (SSSR count). The number of likely N-dealkylation sites (N-methyl/N-ethyl adjacent to an activating group) is 1. The van der Waals surface area contributed by atoms with E-state index in [2.05, 4.69) is 45.3 Å². The second kappa shape index (κ2) is 13.6. The van der Waals surface area contributed by atoms with Crippen LogP contribution in [-0.4, -0.2) is 75.2 Å². The van der Waals surface area contributed by atoms with Gasteiger partial charge in [0.15, 0.2) is 5.96 Å². The van der Waals surface area contributed by atoms with Crippen LogP contribution in [0.15, 0.2) is 29.3 Å².